The van der Waals surface area contributed by atoms with Crippen molar-refractivity contribution in [3.05, 3.63) is 0 Å². The Labute approximate surface area is 140 Å². The second-order valence-corrected chi connectivity index (χ2v) is 4.90. The molecule has 1 heterocycles. The second-order valence-electron chi connectivity index (χ2n) is 4.90. The van der Waals surface area contributed by atoms with Gasteiger partial charge in [-0.3, -0.25) is 4.99 Å². The Morgan fingerprint density at radius 2 is 1.95 bits per heavy atom. The van der Waals surface area contributed by atoms with E-state index >= 15 is 0 Å². The van der Waals surface area contributed by atoms with E-state index < -0.39 is 0 Å². The van der Waals surface area contributed by atoms with E-state index in [9.17, 15) is 0 Å². The van der Waals surface area contributed by atoms with Gasteiger partial charge in [0.05, 0.1) is 0 Å². The highest BCUT2D eigenvalue weighted by Gasteiger charge is 2.13. The first-order valence-corrected chi connectivity index (χ1v) is 7.48. The standard InChI is InChI=1S/C14H29N3O2.HI/c1-3-17(4-2)14(15)16-8-5-9-19-12-13-6-10-18-11-7-13;/h13H,3-12H2,1-2H3,(H2,15,16);1H. The number of hydrogen-bond donors (Lipinski definition) is 1. The van der Waals surface area contributed by atoms with Crippen LogP contribution in [0.25, 0.3) is 0 Å². The molecule has 20 heavy (non-hydrogen) atoms. The summed E-state index contributed by atoms with van der Waals surface area (Å²) in [6.07, 6.45) is 3.20. The smallest absolute Gasteiger partial charge is 0.191 e. The van der Waals surface area contributed by atoms with Gasteiger partial charge in [-0.2, -0.15) is 0 Å². The number of nitrogens with two attached hydrogens (primary N) is 1. The molecule has 0 aromatic carbocycles. The lowest BCUT2D eigenvalue weighted by Gasteiger charge is -2.21. The molecule has 1 fully saturated rings. The number of rotatable bonds is 8. The van der Waals surface area contributed by atoms with Crippen LogP contribution in [0.2, 0.25) is 0 Å². The maximum Gasteiger partial charge on any atom is 0.191 e. The van der Waals surface area contributed by atoms with E-state index in [1.165, 1.54) is 0 Å². The summed E-state index contributed by atoms with van der Waals surface area (Å²) < 4.78 is 11.0. The first kappa shape index (κ1) is 19.9. The van der Waals surface area contributed by atoms with Crippen molar-refractivity contribution in [3.63, 3.8) is 0 Å². The van der Waals surface area contributed by atoms with Crippen LogP contribution in [0.15, 0.2) is 4.99 Å². The molecule has 1 saturated heterocycles. The predicted molar refractivity (Wildman–Crippen MR) is 93.8 cm³/mol. The molecule has 0 radical (unpaired) electrons. The van der Waals surface area contributed by atoms with Crippen LogP contribution >= 0.6 is 24.0 Å². The lowest BCUT2D eigenvalue weighted by molar-refractivity contribution is 0.0205. The number of halogens is 1. The highest BCUT2D eigenvalue weighted by molar-refractivity contribution is 14.0. The molecule has 0 aliphatic carbocycles. The van der Waals surface area contributed by atoms with E-state index in [2.05, 4.69) is 23.7 Å². The summed E-state index contributed by atoms with van der Waals surface area (Å²) in [4.78, 5) is 6.43. The zero-order chi connectivity index (χ0) is 13.9. The maximum absolute atomic E-state index is 5.89. The van der Waals surface area contributed by atoms with E-state index in [1.54, 1.807) is 0 Å². The van der Waals surface area contributed by atoms with Crippen molar-refractivity contribution < 1.29 is 9.47 Å². The molecule has 0 aromatic rings. The largest absolute Gasteiger partial charge is 0.381 e. The molecule has 0 unspecified atom stereocenters. The van der Waals surface area contributed by atoms with Gasteiger partial charge in [0.2, 0.25) is 0 Å². The lowest BCUT2D eigenvalue weighted by Crippen LogP contribution is -2.37. The van der Waals surface area contributed by atoms with E-state index in [0.717, 1.165) is 65.3 Å². The Hall–Kier alpha value is -0.0800. The van der Waals surface area contributed by atoms with E-state index in [-0.39, 0.29) is 24.0 Å². The maximum atomic E-state index is 5.89. The Morgan fingerprint density at radius 1 is 1.30 bits per heavy atom. The summed E-state index contributed by atoms with van der Waals surface area (Å²) in [5.41, 5.74) is 5.89. The van der Waals surface area contributed by atoms with Gasteiger partial charge in [0.15, 0.2) is 5.96 Å². The third-order valence-corrected chi connectivity index (χ3v) is 3.50. The summed E-state index contributed by atoms with van der Waals surface area (Å²) in [6.45, 7) is 10.1. The Balaban J connectivity index is 0.00000361. The highest BCUT2D eigenvalue weighted by atomic mass is 127. The molecule has 0 amide bonds. The number of guanidine groups is 1. The molecule has 1 rings (SSSR count). The Bertz CT molecular complexity index is 255. The number of nitrogens with zero attached hydrogens (tertiary/aromatic N) is 2. The van der Waals surface area contributed by atoms with Crippen LogP contribution in [-0.4, -0.2) is 56.9 Å². The molecular formula is C14H30IN3O2. The average molecular weight is 399 g/mol. The van der Waals surface area contributed by atoms with Gasteiger partial charge in [-0.25, -0.2) is 0 Å². The van der Waals surface area contributed by atoms with Crippen LogP contribution in [-0.2, 0) is 9.47 Å². The molecule has 1 aliphatic rings. The Kier molecular flexibility index (Phi) is 12.6. The predicted octanol–water partition coefficient (Wildman–Crippen LogP) is 2.09. The van der Waals surface area contributed by atoms with Crippen molar-refractivity contribution in [1.29, 1.82) is 0 Å². The first-order valence-electron chi connectivity index (χ1n) is 7.48. The average Bonchev–Trinajstić information content (AvgIpc) is 2.45. The quantitative estimate of drug-likeness (QED) is 0.294. The Morgan fingerprint density at radius 3 is 2.55 bits per heavy atom. The minimum Gasteiger partial charge on any atom is -0.381 e. The van der Waals surface area contributed by atoms with Gasteiger partial charge in [-0.05, 0) is 39.0 Å². The lowest BCUT2D eigenvalue weighted by atomic mass is 10.0. The fourth-order valence-electron chi connectivity index (χ4n) is 2.17. The molecule has 2 N–H and O–H groups in total. The summed E-state index contributed by atoms with van der Waals surface area (Å²) in [6, 6.07) is 0. The molecule has 1 aliphatic heterocycles. The minimum atomic E-state index is 0. The van der Waals surface area contributed by atoms with Crippen molar-refractivity contribution in [2.45, 2.75) is 33.1 Å². The summed E-state index contributed by atoms with van der Waals surface area (Å²) >= 11 is 0. The fraction of sp³-hybridized carbons (Fsp3) is 0.929. The zero-order valence-electron chi connectivity index (χ0n) is 12.8. The molecule has 120 valence electrons. The van der Waals surface area contributed by atoms with Crippen molar-refractivity contribution in [2.24, 2.45) is 16.6 Å². The summed E-state index contributed by atoms with van der Waals surface area (Å²) in [5, 5.41) is 0. The van der Waals surface area contributed by atoms with Crippen LogP contribution in [0.4, 0.5) is 0 Å². The molecule has 0 atom stereocenters. The number of hydrogen-bond acceptors (Lipinski definition) is 3. The SMILES string of the molecule is CCN(CC)C(N)=NCCCOCC1CCOCC1.I. The van der Waals surface area contributed by atoms with Crippen molar-refractivity contribution in [3.8, 4) is 0 Å². The van der Waals surface area contributed by atoms with Crippen molar-refractivity contribution in [1.82, 2.24) is 4.90 Å². The molecule has 6 heteroatoms. The van der Waals surface area contributed by atoms with E-state index in [4.69, 9.17) is 15.2 Å². The van der Waals surface area contributed by atoms with Gasteiger partial charge in [0, 0.05) is 46.1 Å². The minimum absolute atomic E-state index is 0. The van der Waals surface area contributed by atoms with E-state index in [1.807, 2.05) is 0 Å². The summed E-state index contributed by atoms with van der Waals surface area (Å²) in [5.74, 6) is 1.33. The van der Waals surface area contributed by atoms with Crippen LogP contribution < -0.4 is 5.73 Å². The molecule has 0 spiro atoms. The van der Waals surface area contributed by atoms with E-state index in [0.29, 0.717) is 11.9 Å². The third-order valence-electron chi connectivity index (χ3n) is 3.50. The van der Waals surface area contributed by atoms with Gasteiger partial charge in [-0.15, -0.1) is 24.0 Å². The van der Waals surface area contributed by atoms with Gasteiger partial charge in [0.1, 0.15) is 0 Å². The van der Waals surface area contributed by atoms with Crippen molar-refractivity contribution >= 4 is 29.9 Å². The molecular weight excluding hydrogens is 369 g/mol. The highest BCUT2D eigenvalue weighted by Crippen LogP contribution is 2.14. The van der Waals surface area contributed by atoms with Crippen molar-refractivity contribution in [2.75, 3.05) is 46.1 Å². The van der Waals surface area contributed by atoms with Crippen LogP contribution in [0.3, 0.4) is 0 Å². The monoisotopic (exact) mass is 399 g/mol. The first-order chi connectivity index (χ1) is 9.27. The molecule has 0 saturated carbocycles. The normalized spacial score (nSPS) is 16.8. The number of ether oxygens (including phenoxy) is 2. The zero-order valence-corrected chi connectivity index (χ0v) is 15.2. The molecule has 0 aromatic heterocycles. The topological polar surface area (TPSA) is 60.1 Å². The van der Waals surface area contributed by atoms with Crippen LogP contribution in [0.1, 0.15) is 33.1 Å². The fourth-order valence-corrected chi connectivity index (χ4v) is 2.17. The second kappa shape index (κ2) is 12.6. The molecule has 0 bridgehead atoms. The van der Waals surface area contributed by atoms with Gasteiger partial charge in [0.25, 0.3) is 0 Å². The summed E-state index contributed by atoms with van der Waals surface area (Å²) in [7, 11) is 0. The van der Waals surface area contributed by atoms with Crippen LogP contribution in [0.5, 0.6) is 0 Å². The third kappa shape index (κ3) is 8.26. The van der Waals surface area contributed by atoms with Gasteiger partial charge in [-0.1, -0.05) is 0 Å². The molecule has 5 nitrogen and oxygen atoms in total. The van der Waals surface area contributed by atoms with Crippen LogP contribution in [0, 0.1) is 5.92 Å². The number of aliphatic imine (C=N–C) groups is 1. The van der Waals surface area contributed by atoms with Gasteiger partial charge < -0.3 is 20.1 Å². The van der Waals surface area contributed by atoms with Gasteiger partial charge >= 0.3 is 0 Å².